The molecule has 1 aromatic heterocycles. The Kier molecular flexibility index (Phi) is 6.13. The number of hydrogen-bond donors (Lipinski definition) is 0. The predicted molar refractivity (Wildman–Crippen MR) is 207 cm³/mol. The summed E-state index contributed by atoms with van der Waals surface area (Å²) < 4.78 is 12.0. The molecule has 0 aliphatic rings. The van der Waals surface area contributed by atoms with Crippen LogP contribution in [0.3, 0.4) is 0 Å². The summed E-state index contributed by atoms with van der Waals surface area (Å²) in [6, 6.07) is 59.0. The first-order chi connectivity index (χ1) is 24.2. The van der Waals surface area contributed by atoms with Crippen LogP contribution >= 0.6 is 0 Å². The molecule has 49 heavy (non-hydrogen) atoms. The Morgan fingerprint density at radius 3 is 1.47 bits per heavy atom. The summed E-state index contributed by atoms with van der Waals surface area (Å²) in [5.41, 5.74) is 8.78. The number of hydrogen-bond acceptors (Lipinski definition) is 2. The monoisotopic (exact) mass is 626 g/mol. The fraction of sp³-hybridized carbons (Fsp3) is 0.0213. The van der Waals surface area contributed by atoms with E-state index in [4.69, 9.17) is 9.15 Å². The van der Waals surface area contributed by atoms with Crippen molar-refractivity contribution in [1.29, 1.82) is 0 Å². The standard InChI is InChI=1S/C47H30O2/c1-48-46-27-35-28-47-44(41-12-6-7-13-45(41)49-47)26-34(35)25-42(46)32-20-18-30(19-21-32)29-14-16-31(17-15-29)33-22-23-40-38-10-3-2-8-36(38)37-9-4-5-11-39(37)43(40)24-33/h2-28H,1H3. The molecule has 0 N–H and O–H groups in total. The van der Waals surface area contributed by atoms with Gasteiger partial charge in [-0.2, -0.15) is 0 Å². The summed E-state index contributed by atoms with van der Waals surface area (Å²) in [4.78, 5) is 0. The molecule has 2 nitrogen and oxygen atoms in total. The number of ether oxygens (including phenoxy) is 1. The van der Waals surface area contributed by atoms with Crippen molar-refractivity contribution in [2.75, 3.05) is 7.11 Å². The molecule has 0 spiro atoms. The van der Waals surface area contributed by atoms with Crippen LogP contribution in [0.2, 0.25) is 0 Å². The molecular formula is C47H30O2. The Bertz CT molecular complexity index is 2860. The zero-order chi connectivity index (χ0) is 32.5. The quantitative estimate of drug-likeness (QED) is 0.181. The third kappa shape index (κ3) is 4.42. The molecule has 0 unspecified atom stereocenters. The van der Waals surface area contributed by atoms with Gasteiger partial charge in [0, 0.05) is 16.3 Å². The number of rotatable bonds is 4. The molecule has 9 aromatic carbocycles. The fourth-order valence-electron chi connectivity index (χ4n) is 7.68. The van der Waals surface area contributed by atoms with Gasteiger partial charge in [-0.25, -0.2) is 0 Å². The highest BCUT2D eigenvalue weighted by atomic mass is 16.5. The third-order valence-electron chi connectivity index (χ3n) is 10.1. The van der Waals surface area contributed by atoms with E-state index in [9.17, 15) is 0 Å². The van der Waals surface area contributed by atoms with Gasteiger partial charge in [0.2, 0.25) is 0 Å². The van der Waals surface area contributed by atoms with Gasteiger partial charge in [0.05, 0.1) is 7.11 Å². The van der Waals surface area contributed by atoms with Crippen LogP contribution in [0.25, 0.3) is 98.4 Å². The minimum atomic E-state index is 0.844. The third-order valence-corrected chi connectivity index (χ3v) is 10.1. The minimum Gasteiger partial charge on any atom is -0.496 e. The fourth-order valence-corrected chi connectivity index (χ4v) is 7.68. The molecule has 0 saturated heterocycles. The summed E-state index contributed by atoms with van der Waals surface area (Å²) in [5, 5.41) is 12.3. The van der Waals surface area contributed by atoms with Crippen LogP contribution in [0.4, 0.5) is 0 Å². The number of fused-ring (bicyclic) bond motifs is 10. The molecule has 1 heterocycles. The second-order valence-corrected chi connectivity index (χ2v) is 12.9. The van der Waals surface area contributed by atoms with Crippen molar-refractivity contribution < 1.29 is 9.15 Å². The maximum Gasteiger partial charge on any atom is 0.136 e. The average Bonchev–Trinajstić information content (AvgIpc) is 3.53. The SMILES string of the molecule is COc1cc2cc3oc4ccccc4c3cc2cc1-c1ccc(-c2ccc(-c3ccc4c5ccccc5c5ccccc5c4c3)cc2)cc1. The molecule has 0 bridgehead atoms. The van der Waals surface area contributed by atoms with Crippen LogP contribution in [-0.2, 0) is 0 Å². The van der Waals surface area contributed by atoms with Crippen molar-refractivity contribution in [2.24, 2.45) is 0 Å². The summed E-state index contributed by atoms with van der Waals surface area (Å²) >= 11 is 0. The Balaban J connectivity index is 0.990. The highest BCUT2D eigenvalue weighted by molar-refractivity contribution is 6.25. The zero-order valence-electron chi connectivity index (χ0n) is 26.9. The summed E-state index contributed by atoms with van der Waals surface area (Å²) in [5.74, 6) is 0.844. The van der Waals surface area contributed by atoms with Crippen molar-refractivity contribution >= 4 is 65.0 Å². The lowest BCUT2D eigenvalue weighted by atomic mass is 9.91. The van der Waals surface area contributed by atoms with E-state index in [1.807, 2.05) is 12.1 Å². The van der Waals surface area contributed by atoms with Crippen LogP contribution in [0.1, 0.15) is 0 Å². The highest BCUT2D eigenvalue weighted by Crippen LogP contribution is 2.40. The smallest absolute Gasteiger partial charge is 0.136 e. The summed E-state index contributed by atoms with van der Waals surface area (Å²) in [6.45, 7) is 0. The lowest BCUT2D eigenvalue weighted by molar-refractivity contribution is 0.417. The molecule has 2 heteroatoms. The maximum atomic E-state index is 6.14. The van der Waals surface area contributed by atoms with E-state index >= 15 is 0 Å². The topological polar surface area (TPSA) is 22.4 Å². The van der Waals surface area contributed by atoms with Crippen LogP contribution in [0.15, 0.2) is 168 Å². The van der Waals surface area contributed by atoms with E-state index in [0.717, 1.165) is 49.6 Å². The average molecular weight is 627 g/mol. The molecule has 10 rings (SSSR count). The molecule has 0 radical (unpaired) electrons. The molecule has 0 atom stereocenters. The molecule has 230 valence electrons. The van der Waals surface area contributed by atoms with Crippen LogP contribution in [0.5, 0.6) is 5.75 Å². The van der Waals surface area contributed by atoms with Crippen LogP contribution in [0, 0.1) is 0 Å². The first-order valence-corrected chi connectivity index (χ1v) is 16.7. The van der Waals surface area contributed by atoms with Crippen LogP contribution < -0.4 is 4.74 Å². The highest BCUT2D eigenvalue weighted by Gasteiger charge is 2.14. The lowest BCUT2D eigenvalue weighted by Gasteiger charge is -2.13. The van der Waals surface area contributed by atoms with Crippen molar-refractivity contribution in [3.05, 3.63) is 164 Å². The molecule has 0 amide bonds. The normalized spacial score (nSPS) is 11.8. The predicted octanol–water partition coefficient (Wildman–Crippen LogP) is 13.2. The van der Waals surface area contributed by atoms with Gasteiger partial charge < -0.3 is 9.15 Å². The van der Waals surface area contributed by atoms with E-state index in [2.05, 4.69) is 152 Å². The first-order valence-electron chi connectivity index (χ1n) is 16.7. The van der Waals surface area contributed by atoms with Crippen LogP contribution in [-0.4, -0.2) is 7.11 Å². The molecule has 0 fully saturated rings. The molecule has 10 aromatic rings. The van der Waals surface area contributed by atoms with E-state index < -0.39 is 0 Å². The first kappa shape index (κ1) is 27.7. The lowest BCUT2D eigenvalue weighted by Crippen LogP contribution is -1.89. The largest absolute Gasteiger partial charge is 0.496 e. The second kappa shape index (κ2) is 10.8. The van der Waals surface area contributed by atoms with Gasteiger partial charge >= 0.3 is 0 Å². The van der Waals surface area contributed by atoms with Gasteiger partial charge in [-0.15, -0.1) is 0 Å². The van der Waals surface area contributed by atoms with Gasteiger partial charge in [0.15, 0.2) is 0 Å². The molecule has 0 saturated carbocycles. The van der Waals surface area contributed by atoms with E-state index in [-0.39, 0.29) is 0 Å². The number of methoxy groups -OCH3 is 1. The zero-order valence-corrected chi connectivity index (χ0v) is 26.9. The Morgan fingerprint density at radius 1 is 0.347 bits per heavy atom. The number of benzene rings is 9. The Hall–Kier alpha value is -6.38. The van der Waals surface area contributed by atoms with Crippen molar-refractivity contribution in [1.82, 2.24) is 0 Å². The van der Waals surface area contributed by atoms with Crippen molar-refractivity contribution in [2.45, 2.75) is 0 Å². The molecule has 0 aliphatic carbocycles. The van der Waals surface area contributed by atoms with Gasteiger partial charge in [0.1, 0.15) is 16.9 Å². The van der Waals surface area contributed by atoms with Crippen molar-refractivity contribution in [3.63, 3.8) is 0 Å². The van der Waals surface area contributed by atoms with Gasteiger partial charge in [0.25, 0.3) is 0 Å². The Morgan fingerprint density at radius 2 is 0.837 bits per heavy atom. The minimum absolute atomic E-state index is 0.844. The maximum absolute atomic E-state index is 6.14. The van der Waals surface area contributed by atoms with E-state index in [1.54, 1.807) is 7.11 Å². The molecule has 0 aliphatic heterocycles. The van der Waals surface area contributed by atoms with Gasteiger partial charge in [-0.05, 0) is 107 Å². The summed E-state index contributed by atoms with van der Waals surface area (Å²) in [7, 11) is 1.74. The van der Waals surface area contributed by atoms with Gasteiger partial charge in [-0.1, -0.05) is 127 Å². The van der Waals surface area contributed by atoms with Gasteiger partial charge in [-0.3, -0.25) is 0 Å². The Labute approximate surface area is 283 Å². The number of para-hydroxylation sites is 1. The molecular weight excluding hydrogens is 597 g/mol. The van der Waals surface area contributed by atoms with E-state index in [1.165, 1.54) is 54.6 Å². The van der Waals surface area contributed by atoms with Crippen molar-refractivity contribution in [3.8, 4) is 39.1 Å². The van der Waals surface area contributed by atoms with E-state index in [0.29, 0.717) is 0 Å². The second-order valence-electron chi connectivity index (χ2n) is 12.9. The number of furan rings is 1. The summed E-state index contributed by atoms with van der Waals surface area (Å²) in [6.07, 6.45) is 0.